The number of amides is 1. The first-order chi connectivity index (χ1) is 9.09. The van der Waals surface area contributed by atoms with Crippen molar-refractivity contribution in [3.8, 4) is 0 Å². The third-order valence-corrected chi connectivity index (χ3v) is 3.65. The molecule has 3 nitrogen and oxygen atoms in total. The largest absolute Gasteiger partial charge is 0.366 e. The maximum absolute atomic E-state index is 12.4. The first-order valence-electron chi connectivity index (χ1n) is 6.04. The van der Waals surface area contributed by atoms with Crippen LogP contribution >= 0.6 is 11.6 Å². The Labute approximate surface area is 116 Å². The summed E-state index contributed by atoms with van der Waals surface area (Å²) < 4.78 is 0. The topological polar surface area (TPSA) is 41.1 Å². The second kappa shape index (κ2) is 4.28. The lowest BCUT2D eigenvalue weighted by Crippen LogP contribution is -2.47. The van der Waals surface area contributed by atoms with Gasteiger partial charge >= 0.3 is 0 Å². The van der Waals surface area contributed by atoms with Crippen LogP contribution in [-0.2, 0) is 10.3 Å². The van der Waals surface area contributed by atoms with Crippen molar-refractivity contribution in [2.45, 2.75) is 12.5 Å². The van der Waals surface area contributed by atoms with Crippen molar-refractivity contribution in [2.75, 3.05) is 10.6 Å². The van der Waals surface area contributed by atoms with Gasteiger partial charge < -0.3 is 10.6 Å². The Balaban J connectivity index is 2.08. The number of rotatable bonds is 1. The first kappa shape index (κ1) is 12.1. The summed E-state index contributed by atoms with van der Waals surface area (Å²) in [6, 6.07) is 15.0. The molecular formula is C15H13ClN2O. The Morgan fingerprint density at radius 2 is 1.79 bits per heavy atom. The number of nitrogens with one attached hydrogen (secondary N) is 2. The van der Waals surface area contributed by atoms with Gasteiger partial charge in [-0.1, -0.05) is 41.9 Å². The zero-order valence-corrected chi connectivity index (χ0v) is 11.2. The predicted octanol–water partition coefficient (Wildman–Crippen LogP) is 3.62. The molecule has 0 aromatic heterocycles. The maximum Gasteiger partial charge on any atom is 0.254 e. The van der Waals surface area contributed by atoms with E-state index < -0.39 is 5.54 Å². The van der Waals surface area contributed by atoms with E-state index in [0.717, 1.165) is 16.9 Å². The average molecular weight is 273 g/mol. The molecule has 2 aromatic rings. The highest BCUT2D eigenvalue weighted by Crippen LogP contribution is 2.37. The molecule has 4 heteroatoms. The van der Waals surface area contributed by atoms with E-state index in [4.69, 9.17) is 11.6 Å². The Hall–Kier alpha value is -2.00. The Bertz CT molecular complexity index is 642. The van der Waals surface area contributed by atoms with Crippen molar-refractivity contribution in [3.05, 3.63) is 59.1 Å². The maximum atomic E-state index is 12.4. The van der Waals surface area contributed by atoms with Crippen LogP contribution in [0.4, 0.5) is 11.4 Å². The molecule has 2 N–H and O–H groups in total. The van der Waals surface area contributed by atoms with Crippen LogP contribution in [0.3, 0.4) is 0 Å². The van der Waals surface area contributed by atoms with Gasteiger partial charge in [0.15, 0.2) is 0 Å². The normalized spacial score (nSPS) is 21.3. The smallest absolute Gasteiger partial charge is 0.254 e. The second-order valence-corrected chi connectivity index (χ2v) is 5.20. The van der Waals surface area contributed by atoms with Gasteiger partial charge in [-0.15, -0.1) is 0 Å². The lowest BCUT2D eigenvalue weighted by Gasteiger charge is -2.36. The minimum atomic E-state index is -0.793. The molecule has 0 radical (unpaired) electrons. The number of benzene rings is 2. The number of halogens is 1. The van der Waals surface area contributed by atoms with E-state index in [0.29, 0.717) is 5.02 Å². The summed E-state index contributed by atoms with van der Waals surface area (Å²) in [6.07, 6.45) is 0. The van der Waals surface area contributed by atoms with Crippen LogP contribution in [0.15, 0.2) is 48.5 Å². The summed E-state index contributed by atoms with van der Waals surface area (Å²) in [7, 11) is 0. The third kappa shape index (κ3) is 1.96. The molecule has 0 saturated heterocycles. The van der Waals surface area contributed by atoms with Gasteiger partial charge in [-0.2, -0.15) is 0 Å². The first-order valence-corrected chi connectivity index (χ1v) is 6.42. The minimum Gasteiger partial charge on any atom is -0.366 e. The van der Waals surface area contributed by atoms with E-state index in [1.807, 2.05) is 43.3 Å². The van der Waals surface area contributed by atoms with Crippen LogP contribution in [-0.4, -0.2) is 5.91 Å². The third-order valence-electron chi connectivity index (χ3n) is 3.42. The highest BCUT2D eigenvalue weighted by molar-refractivity contribution is 6.31. The molecule has 2 aromatic carbocycles. The van der Waals surface area contributed by atoms with Gasteiger partial charge in [0.05, 0.1) is 11.4 Å². The molecule has 1 heterocycles. The predicted molar refractivity (Wildman–Crippen MR) is 77.5 cm³/mol. The van der Waals surface area contributed by atoms with Gasteiger partial charge in [-0.3, -0.25) is 4.79 Å². The lowest BCUT2D eigenvalue weighted by atomic mass is 9.88. The van der Waals surface area contributed by atoms with E-state index in [2.05, 4.69) is 10.6 Å². The van der Waals surface area contributed by atoms with E-state index in [1.54, 1.807) is 12.1 Å². The van der Waals surface area contributed by atoms with Crippen LogP contribution in [0.2, 0.25) is 5.02 Å². The summed E-state index contributed by atoms with van der Waals surface area (Å²) in [4.78, 5) is 12.4. The van der Waals surface area contributed by atoms with E-state index in [9.17, 15) is 4.79 Å². The van der Waals surface area contributed by atoms with Crippen molar-refractivity contribution in [1.29, 1.82) is 0 Å². The highest BCUT2D eigenvalue weighted by Gasteiger charge is 2.39. The fourth-order valence-electron chi connectivity index (χ4n) is 2.28. The van der Waals surface area contributed by atoms with Gasteiger partial charge in [0.25, 0.3) is 5.91 Å². The fourth-order valence-corrected chi connectivity index (χ4v) is 2.45. The van der Waals surface area contributed by atoms with Crippen molar-refractivity contribution < 1.29 is 4.79 Å². The van der Waals surface area contributed by atoms with Crippen LogP contribution < -0.4 is 10.6 Å². The van der Waals surface area contributed by atoms with Crippen molar-refractivity contribution >= 4 is 28.9 Å². The van der Waals surface area contributed by atoms with Crippen LogP contribution in [0.1, 0.15) is 12.5 Å². The van der Waals surface area contributed by atoms with Gasteiger partial charge in [-0.25, -0.2) is 0 Å². The monoisotopic (exact) mass is 272 g/mol. The van der Waals surface area contributed by atoms with E-state index >= 15 is 0 Å². The molecule has 0 fully saturated rings. The zero-order valence-electron chi connectivity index (χ0n) is 10.4. The number of anilines is 2. The quantitative estimate of drug-likeness (QED) is 0.832. The number of carbonyl (C=O) groups excluding carboxylic acids is 1. The summed E-state index contributed by atoms with van der Waals surface area (Å²) >= 11 is 6.00. The molecule has 96 valence electrons. The van der Waals surface area contributed by atoms with Crippen molar-refractivity contribution in [1.82, 2.24) is 0 Å². The van der Waals surface area contributed by atoms with Gasteiger partial charge in [0.2, 0.25) is 0 Å². The molecule has 3 rings (SSSR count). The molecule has 1 atom stereocenters. The number of carbonyl (C=O) groups is 1. The number of hydrogen-bond acceptors (Lipinski definition) is 2. The molecule has 1 aliphatic heterocycles. The Morgan fingerprint density at radius 1 is 1.05 bits per heavy atom. The average Bonchev–Trinajstić information content (AvgIpc) is 2.41. The molecule has 19 heavy (non-hydrogen) atoms. The molecule has 0 bridgehead atoms. The summed E-state index contributed by atoms with van der Waals surface area (Å²) in [5, 5.41) is 6.84. The van der Waals surface area contributed by atoms with Crippen LogP contribution in [0.5, 0.6) is 0 Å². The van der Waals surface area contributed by atoms with E-state index in [1.165, 1.54) is 0 Å². The fraction of sp³-hybridized carbons (Fsp3) is 0.133. The van der Waals surface area contributed by atoms with Crippen molar-refractivity contribution in [3.63, 3.8) is 0 Å². The van der Waals surface area contributed by atoms with Gasteiger partial charge in [-0.05, 0) is 30.7 Å². The van der Waals surface area contributed by atoms with Gasteiger partial charge in [0, 0.05) is 5.02 Å². The Morgan fingerprint density at radius 3 is 2.53 bits per heavy atom. The highest BCUT2D eigenvalue weighted by atomic mass is 35.5. The molecule has 1 unspecified atom stereocenters. The standard InChI is InChI=1S/C15H13ClN2O/c1-15(10-5-3-2-4-6-10)14(19)17-12-8-7-11(16)9-13(12)18-15/h2-9,18H,1H3,(H,17,19). The van der Waals surface area contributed by atoms with E-state index in [-0.39, 0.29) is 5.91 Å². The molecule has 0 saturated carbocycles. The summed E-state index contributed by atoms with van der Waals surface area (Å²) in [5.74, 6) is -0.0754. The van der Waals surface area contributed by atoms with Crippen LogP contribution in [0, 0.1) is 0 Å². The lowest BCUT2D eigenvalue weighted by molar-refractivity contribution is -0.120. The summed E-state index contributed by atoms with van der Waals surface area (Å²) in [6.45, 7) is 1.86. The van der Waals surface area contributed by atoms with Crippen LogP contribution in [0.25, 0.3) is 0 Å². The number of hydrogen-bond donors (Lipinski definition) is 2. The molecule has 1 aliphatic rings. The van der Waals surface area contributed by atoms with Gasteiger partial charge in [0.1, 0.15) is 5.54 Å². The molecule has 0 spiro atoms. The summed E-state index contributed by atoms with van der Waals surface area (Å²) in [5.41, 5.74) is 1.71. The zero-order chi connectivity index (χ0) is 13.5. The minimum absolute atomic E-state index is 0.0754. The molecular weight excluding hydrogens is 260 g/mol. The molecule has 1 amide bonds. The SMILES string of the molecule is CC1(c2ccccc2)Nc2cc(Cl)ccc2NC1=O. The Kier molecular flexibility index (Phi) is 2.72. The number of fused-ring (bicyclic) bond motifs is 1. The van der Waals surface area contributed by atoms with Crippen molar-refractivity contribution in [2.24, 2.45) is 0 Å². The molecule has 0 aliphatic carbocycles. The second-order valence-electron chi connectivity index (χ2n) is 4.76.